The van der Waals surface area contributed by atoms with Crippen molar-refractivity contribution in [1.82, 2.24) is 30.2 Å². The third-order valence-corrected chi connectivity index (χ3v) is 14.2. The maximum atomic E-state index is 12.8. The Morgan fingerprint density at radius 2 is 1.54 bits per heavy atom. The zero-order chi connectivity index (χ0) is 55.1. The van der Waals surface area contributed by atoms with Crippen molar-refractivity contribution in [3.05, 3.63) is 85.6 Å². The molecular weight excluding hydrogens is 1060 g/mol. The Labute approximate surface area is 430 Å². The topological polar surface area (TPSA) is 424 Å². The van der Waals surface area contributed by atoms with Crippen LogP contribution in [0.1, 0.15) is 65.5 Å². The van der Waals surface area contributed by atoms with Crippen molar-refractivity contribution in [2.24, 2.45) is 5.41 Å². The quantitative estimate of drug-likeness (QED) is 0.0211. The number of ether oxygens (including phenoxy) is 1. The fourth-order valence-corrected chi connectivity index (χ4v) is 9.82. The van der Waals surface area contributed by atoms with Crippen LogP contribution in [0.15, 0.2) is 85.6 Å². The van der Waals surface area contributed by atoms with Crippen LogP contribution in [0.4, 0.5) is 5.82 Å². The lowest BCUT2D eigenvalue weighted by atomic mass is 9.87. The summed E-state index contributed by atoms with van der Waals surface area (Å²) >= 11 is 1.02. The van der Waals surface area contributed by atoms with Gasteiger partial charge in [-0.05, 0) is 25.7 Å². The molecule has 13 N–H and O–H groups in total. The average Bonchev–Trinajstić information content (AvgIpc) is 3.89. The van der Waals surface area contributed by atoms with E-state index in [2.05, 4.69) is 34.4 Å². The van der Waals surface area contributed by atoms with Crippen LogP contribution in [0.3, 0.4) is 0 Å². The molecule has 0 aromatic carbocycles. The zero-order valence-corrected chi connectivity index (χ0v) is 44.1. The predicted molar refractivity (Wildman–Crippen MR) is 269 cm³/mol. The van der Waals surface area contributed by atoms with Crippen molar-refractivity contribution in [3.63, 3.8) is 0 Å². The molecule has 10 unspecified atom stereocenters. The van der Waals surface area contributed by atoms with E-state index >= 15 is 0 Å². The number of aromatic nitrogens is 4. The van der Waals surface area contributed by atoms with Gasteiger partial charge in [0.2, 0.25) is 11.8 Å². The Kier molecular flexibility index (Phi) is 27.0. The van der Waals surface area contributed by atoms with Gasteiger partial charge >= 0.3 is 23.5 Å². The molecule has 414 valence electrons. The average molecular weight is 1130 g/mol. The molecule has 0 radical (unpaired) electrons. The lowest BCUT2D eigenvalue weighted by molar-refractivity contribution is -0.137. The molecule has 0 spiro atoms. The standard InChI is InChI=1S/C43H66N7O20P3S/c1-4-5-11-18-30(52)31(53)19-14-9-7-6-8-12-16-29(51)17-13-10-15-20-34(55)74-24-23-45-33(54)21-22-46-41(58)38(57)43(2,3)26-67-73(64,65)70-72(62,63)66-25-32-37(69-71(59,60)61)36(56)42(68-32)50-28-49-35-39(44)47-27-48-40(35)50/h5-14,16,19,27-32,36-38,42,51-53,56-57H,4,15,17-18,20-26H2,1-3H3,(H,45,54)(H,46,58)(H,62,63)(H,64,65)(H2,44,47,48)(H2,59,60,61)/b8-6+,9-7+,11-5+,13-10+,16-12+,19-14+. The van der Waals surface area contributed by atoms with E-state index in [-0.39, 0.29) is 53.8 Å². The number of allylic oxidation sites excluding steroid dienone is 8. The molecule has 1 aliphatic rings. The van der Waals surface area contributed by atoms with E-state index in [0.717, 1.165) is 35.4 Å². The van der Waals surface area contributed by atoms with Crippen LogP contribution in [0.25, 0.3) is 11.2 Å². The minimum Gasteiger partial charge on any atom is -0.390 e. The van der Waals surface area contributed by atoms with Crippen LogP contribution in [0, 0.1) is 5.41 Å². The number of nitrogens with two attached hydrogens (primary N) is 1. The first-order valence-electron chi connectivity index (χ1n) is 22.8. The third kappa shape index (κ3) is 23.4. The molecule has 3 rings (SSSR count). The first kappa shape index (κ1) is 64.2. The summed E-state index contributed by atoms with van der Waals surface area (Å²) in [7, 11) is -16.5. The van der Waals surface area contributed by atoms with Gasteiger partial charge in [-0.3, -0.25) is 32.5 Å². The SMILES string of the molecule is CC/C=C/CC(O)C(O)/C=C/C=C/C=C/C=C/C(O)C/C=C/CCC(=O)SCCNC(=O)CCNC(=O)C(O)C(C)(C)COP(=O)(O)OP(=O)(O)OCC1OC(n2cnc3c(N)ncnc32)C(O)C1OP(=O)(O)O. The fourth-order valence-electron chi connectivity index (χ4n) is 6.30. The molecule has 0 aliphatic carbocycles. The second-order valence-corrected chi connectivity index (χ2v) is 22.2. The number of anilines is 1. The number of carbonyl (C=O) groups excluding carboxylic acids is 3. The number of fused-ring (bicyclic) bond motifs is 1. The van der Waals surface area contributed by atoms with Crippen molar-refractivity contribution in [1.29, 1.82) is 0 Å². The minimum atomic E-state index is -5.60. The Bertz CT molecular complexity index is 2470. The van der Waals surface area contributed by atoms with Crippen LogP contribution in [-0.4, -0.2) is 156 Å². The van der Waals surface area contributed by atoms with Gasteiger partial charge in [-0.1, -0.05) is 105 Å². The second-order valence-electron chi connectivity index (χ2n) is 16.8. The number of hydrogen-bond donors (Lipinski definition) is 12. The van der Waals surface area contributed by atoms with Gasteiger partial charge in [0.05, 0.1) is 37.9 Å². The van der Waals surface area contributed by atoms with Gasteiger partial charge in [-0.25, -0.2) is 28.6 Å². The Morgan fingerprint density at radius 1 is 0.878 bits per heavy atom. The van der Waals surface area contributed by atoms with Gasteiger partial charge in [-0.15, -0.1) is 0 Å². The number of nitrogens with one attached hydrogen (secondary N) is 2. The maximum absolute atomic E-state index is 12.8. The van der Waals surface area contributed by atoms with E-state index < -0.39 is 103 Å². The summed E-state index contributed by atoms with van der Waals surface area (Å²) in [5.41, 5.74) is 4.22. The highest BCUT2D eigenvalue weighted by molar-refractivity contribution is 8.13. The smallest absolute Gasteiger partial charge is 0.390 e. The molecule has 10 atom stereocenters. The number of aliphatic hydroxyl groups excluding tert-OH is 5. The van der Waals surface area contributed by atoms with E-state index in [4.69, 9.17) is 19.5 Å². The van der Waals surface area contributed by atoms with E-state index in [9.17, 15) is 73.2 Å². The minimum absolute atomic E-state index is 0.0197. The van der Waals surface area contributed by atoms with Crippen LogP contribution >= 0.6 is 35.2 Å². The molecule has 1 aliphatic heterocycles. The number of phosphoric ester groups is 3. The van der Waals surface area contributed by atoms with Crippen LogP contribution in [-0.2, 0) is 50.7 Å². The van der Waals surface area contributed by atoms with E-state index in [1.807, 2.05) is 19.1 Å². The molecule has 3 heterocycles. The number of aliphatic hydroxyl groups is 5. The Morgan fingerprint density at radius 3 is 2.23 bits per heavy atom. The normalized spacial score (nSPS) is 21.3. The summed E-state index contributed by atoms with van der Waals surface area (Å²) in [6.45, 7) is 2.31. The van der Waals surface area contributed by atoms with Gasteiger partial charge in [-0.2, -0.15) is 4.31 Å². The zero-order valence-electron chi connectivity index (χ0n) is 40.6. The molecular formula is C43H66N7O20P3S. The van der Waals surface area contributed by atoms with Gasteiger partial charge in [0, 0.05) is 37.1 Å². The van der Waals surface area contributed by atoms with Crippen molar-refractivity contribution in [3.8, 4) is 0 Å². The maximum Gasteiger partial charge on any atom is 0.481 e. The fraction of sp³-hybridized carbons (Fsp3) is 0.535. The lowest BCUT2D eigenvalue weighted by Crippen LogP contribution is -2.46. The van der Waals surface area contributed by atoms with Gasteiger partial charge < -0.3 is 66.2 Å². The molecule has 2 aromatic heterocycles. The van der Waals surface area contributed by atoms with Crippen LogP contribution < -0.4 is 16.4 Å². The lowest BCUT2D eigenvalue weighted by Gasteiger charge is -2.30. The van der Waals surface area contributed by atoms with Gasteiger partial charge in [0.1, 0.15) is 36.3 Å². The van der Waals surface area contributed by atoms with E-state index in [0.29, 0.717) is 19.3 Å². The van der Waals surface area contributed by atoms with Gasteiger partial charge in [0.25, 0.3) is 0 Å². The van der Waals surface area contributed by atoms with Crippen LogP contribution in [0.2, 0.25) is 0 Å². The van der Waals surface area contributed by atoms with E-state index in [1.165, 1.54) is 19.9 Å². The van der Waals surface area contributed by atoms with Crippen molar-refractivity contribution < 1.29 is 95.8 Å². The highest BCUT2D eigenvalue weighted by Crippen LogP contribution is 2.61. The number of carbonyl (C=O) groups is 3. The third-order valence-electron chi connectivity index (χ3n) is 10.2. The number of phosphoric acid groups is 3. The second kappa shape index (κ2) is 31.2. The Hall–Kier alpha value is -4.12. The molecule has 31 heteroatoms. The monoisotopic (exact) mass is 1130 g/mol. The summed E-state index contributed by atoms with van der Waals surface area (Å²) in [6, 6.07) is 0. The molecule has 2 amide bonds. The number of thioether (sulfide) groups is 1. The van der Waals surface area contributed by atoms with Crippen molar-refractivity contribution in [2.75, 3.05) is 37.8 Å². The molecule has 74 heavy (non-hydrogen) atoms. The number of imidazole rings is 1. The highest BCUT2D eigenvalue weighted by atomic mass is 32.2. The van der Waals surface area contributed by atoms with Gasteiger partial charge in [0.15, 0.2) is 22.8 Å². The molecule has 0 bridgehead atoms. The molecule has 2 aromatic rings. The van der Waals surface area contributed by atoms with Crippen molar-refractivity contribution >= 4 is 69.1 Å². The summed E-state index contributed by atoms with van der Waals surface area (Å²) in [5.74, 6) is -1.25. The first-order valence-corrected chi connectivity index (χ1v) is 28.3. The summed E-state index contributed by atoms with van der Waals surface area (Å²) in [4.78, 5) is 88.4. The summed E-state index contributed by atoms with van der Waals surface area (Å²) < 4.78 is 62.4. The summed E-state index contributed by atoms with van der Waals surface area (Å²) in [6.07, 6.45) is 13.2. The summed E-state index contributed by atoms with van der Waals surface area (Å²) in [5, 5.41) is 56.3. The number of amides is 2. The van der Waals surface area contributed by atoms with Crippen molar-refractivity contribution in [2.45, 2.75) is 108 Å². The van der Waals surface area contributed by atoms with E-state index in [1.54, 1.807) is 54.7 Å². The molecule has 0 saturated carbocycles. The first-order chi connectivity index (χ1) is 34.8. The predicted octanol–water partition coefficient (Wildman–Crippen LogP) is 2.06. The number of nitrogen functional groups attached to an aromatic ring is 1. The Balaban J connectivity index is 1.31. The number of rotatable bonds is 33. The van der Waals surface area contributed by atoms with Crippen LogP contribution in [0.5, 0.6) is 0 Å². The largest absolute Gasteiger partial charge is 0.481 e. The molecule has 1 fully saturated rings. The number of hydrogen-bond acceptors (Lipinski definition) is 21. The molecule has 27 nitrogen and oxygen atoms in total. The number of nitrogens with zero attached hydrogens (tertiary/aromatic N) is 4. The highest BCUT2D eigenvalue weighted by Gasteiger charge is 2.50. The molecule has 1 saturated heterocycles.